The first kappa shape index (κ1) is 35.4. The van der Waals surface area contributed by atoms with Crippen LogP contribution >= 0.6 is 11.3 Å². The fraction of sp³-hybridized carbons (Fsp3) is 0. The standard InChI is InChI=1S/C69H40N4OS/c1-2-20-49-47(18-1)48-19-3-4-21-50(48)58-40-44(34-36-51(49)58)68-70-67(71-69(72-68)57-25-7-11-32-62(57)73-60-30-9-5-22-52(60)53-23-6-10-31-61(53)73)43-17-13-16-41(38-43)46-27-15-29-56-59-39-42(35-37-64(59)75-66(46)56)45-26-14-28-55-54-24-8-12-33-63(54)74-65(45)55/h1-40H/i5D,6D,9D,22D,23D,30D,31D. The fourth-order valence-corrected chi connectivity index (χ4v) is 12.6. The molecule has 0 N–H and O–H groups in total. The first-order valence-electron chi connectivity index (χ1n) is 28.3. The number of furan rings is 1. The number of fused-ring (bicyclic) bond motifs is 15. The zero-order valence-electron chi connectivity index (χ0n) is 46.7. The molecular formula is C69H40N4OS. The third-order valence-electron chi connectivity index (χ3n) is 14.7. The molecule has 12 aromatic carbocycles. The average molecular weight is 980 g/mol. The molecular weight excluding hydrogens is 933 g/mol. The van der Waals surface area contributed by atoms with E-state index in [9.17, 15) is 2.74 Å². The van der Waals surface area contributed by atoms with Crippen LogP contribution in [-0.2, 0) is 0 Å². The topological polar surface area (TPSA) is 56.7 Å². The number of benzene rings is 12. The van der Waals surface area contributed by atoms with Crippen LogP contribution in [0.3, 0.4) is 0 Å². The van der Waals surface area contributed by atoms with E-state index in [0.717, 1.165) is 108 Å². The van der Waals surface area contributed by atoms with Crippen LogP contribution in [0.4, 0.5) is 0 Å². The highest BCUT2D eigenvalue weighted by molar-refractivity contribution is 7.26. The van der Waals surface area contributed by atoms with E-state index in [1.807, 2.05) is 54.6 Å². The summed E-state index contributed by atoms with van der Waals surface area (Å²) in [7, 11) is 0. The lowest BCUT2D eigenvalue weighted by Crippen LogP contribution is -2.03. The van der Waals surface area contributed by atoms with Crippen molar-refractivity contribution < 1.29 is 14.0 Å². The summed E-state index contributed by atoms with van der Waals surface area (Å²) in [4.78, 5) is 15.9. The van der Waals surface area contributed by atoms with E-state index >= 15 is 0 Å². The minimum Gasteiger partial charge on any atom is -0.455 e. The lowest BCUT2D eigenvalue weighted by Gasteiger charge is -2.15. The lowest BCUT2D eigenvalue weighted by atomic mass is 9.93. The molecule has 0 radical (unpaired) electrons. The minimum atomic E-state index is -0.470. The molecule has 0 aliphatic rings. The van der Waals surface area contributed by atoms with Gasteiger partial charge >= 0.3 is 0 Å². The smallest absolute Gasteiger partial charge is 0.166 e. The highest BCUT2D eigenvalue weighted by atomic mass is 32.1. The van der Waals surface area contributed by atoms with Gasteiger partial charge in [-0.15, -0.1) is 11.3 Å². The summed E-state index contributed by atoms with van der Waals surface area (Å²) >= 11 is 1.76. The van der Waals surface area contributed by atoms with Crippen molar-refractivity contribution in [2.24, 2.45) is 0 Å². The predicted molar refractivity (Wildman–Crippen MR) is 314 cm³/mol. The monoisotopic (exact) mass is 979 g/mol. The van der Waals surface area contributed by atoms with Gasteiger partial charge in [0.1, 0.15) is 11.2 Å². The number of hydrogen-bond acceptors (Lipinski definition) is 5. The van der Waals surface area contributed by atoms with Gasteiger partial charge in [-0.3, -0.25) is 0 Å². The zero-order valence-corrected chi connectivity index (χ0v) is 40.5. The Hall–Kier alpha value is -9.75. The van der Waals surface area contributed by atoms with Crippen LogP contribution in [-0.4, -0.2) is 19.5 Å². The first-order valence-corrected chi connectivity index (χ1v) is 25.6. The third kappa shape index (κ3) is 6.46. The maximum Gasteiger partial charge on any atom is 0.166 e. The van der Waals surface area contributed by atoms with E-state index in [1.165, 1.54) is 6.07 Å². The Kier molecular flexibility index (Phi) is 7.73. The number of hydrogen-bond donors (Lipinski definition) is 0. The summed E-state index contributed by atoms with van der Waals surface area (Å²) in [6.07, 6.45) is 0. The number of aromatic nitrogens is 4. The van der Waals surface area contributed by atoms with Gasteiger partial charge in [0.15, 0.2) is 17.5 Å². The molecule has 0 bridgehead atoms. The van der Waals surface area contributed by atoms with Gasteiger partial charge in [0.2, 0.25) is 0 Å². The number of nitrogens with zero attached hydrogens (tertiary/aromatic N) is 4. The van der Waals surface area contributed by atoms with Crippen molar-refractivity contribution in [1.29, 1.82) is 0 Å². The quantitative estimate of drug-likeness (QED) is 0.156. The number of thiophene rings is 1. The van der Waals surface area contributed by atoms with Crippen LogP contribution < -0.4 is 0 Å². The molecule has 0 fully saturated rings. The molecule has 0 aliphatic heterocycles. The SMILES string of the molecule is [2H]c1cc([2H])c2c(c1[2H])c1c([2H])c([2H])c([2H])c([2H])c1n2-c1ccccc1-c1nc(-c2cccc(-c3cccc4c3sc3ccc(-c5cccc6c5oc5ccccc56)cc34)c2)nc(-c2ccc3c4ccccc4c4ccccc4c3c2)n1. The molecule has 16 rings (SSSR count). The van der Waals surface area contributed by atoms with Crippen LogP contribution in [0.15, 0.2) is 247 Å². The largest absolute Gasteiger partial charge is 0.455 e. The Balaban J connectivity index is 0.902. The van der Waals surface area contributed by atoms with Gasteiger partial charge < -0.3 is 8.98 Å². The summed E-state index contributed by atoms with van der Waals surface area (Å²) in [5.74, 6) is 1.07. The lowest BCUT2D eigenvalue weighted by molar-refractivity contribution is 0.670. The molecule has 75 heavy (non-hydrogen) atoms. The second-order valence-corrected chi connectivity index (χ2v) is 19.9. The Morgan fingerprint density at radius 3 is 1.75 bits per heavy atom. The summed E-state index contributed by atoms with van der Waals surface area (Å²) < 4.78 is 73.4. The molecule has 348 valence electrons. The molecule has 0 spiro atoms. The van der Waals surface area contributed by atoms with Gasteiger partial charge in [0.25, 0.3) is 0 Å². The maximum absolute atomic E-state index is 9.32. The van der Waals surface area contributed by atoms with Crippen molar-refractivity contribution in [2.75, 3.05) is 0 Å². The van der Waals surface area contributed by atoms with Gasteiger partial charge in [-0.1, -0.05) is 188 Å². The van der Waals surface area contributed by atoms with Crippen molar-refractivity contribution in [3.05, 3.63) is 242 Å². The van der Waals surface area contributed by atoms with Crippen LogP contribution in [0.2, 0.25) is 0 Å². The van der Waals surface area contributed by atoms with Crippen molar-refractivity contribution in [2.45, 2.75) is 0 Å². The maximum atomic E-state index is 9.32. The van der Waals surface area contributed by atoms with Crippen LogP contribution in [0.25, 0.3) is 158 Å². The summed E-state index contributed by atoms with van der Waals surface area (Å²) in [6.45, 7) is 0. The van der Waals surface area contributed by atoms with Gasteiger partial charge in [0.05, 0.1) is 26.3 Å². The average Bonchev–Trinajstić information content (AvgIpc) is 3.22. The molecule has 0 amide bonds. The zero-order chi connectivity index (χ0) is 55.2. The van der Waals surface area contributed by atoms with Crippen LogP contribution in [0, 0.1) is 0 Å². The van der Waals surface area contributed by atoms with E-state index in [-0.39, 0.29) is 57.8 Å². The third-order valence-corrected chi connectivity index (χ3v) is 16.0. The van der Waals surface area contributed by atoms with E-state index < -0.39 is 12.1 Å². The molecule has 0 aliphatic carbocycles. The van der Waals surface area contributed by atoms with Crippen molar-refractivity contribution in [1.82, 2.24) is 19.5 Å². The minimum absolute atomic E-state index is 0.0579. The molecule has 0 saturated heterocycles. The second-order valence-electron chi connectivity index (χ2n) is 18.9. The Labute approximate surface area is 443 Å². The first-order chi connectivity index (χ1) is 40.1. The predicted octanol–water partition coefficient (Wildman–Crippen LogP) is 19.0. The fourth-order valence-electron chi connectivity index (χ4n) is 11.4. The van der Waals surface area contributed by atoms with Crippen molar-refractivity contribution >= 4 is 108 Å². The highest BCUT2D eigenvalue weighted by Gasteiger charge is 2.21. The van der Waals surface area contributed by atoms with Gasteiger partial charge in [0, 0.05) is 64.0 Å². The van der Waals surface area contributed by atoms with E-state index in [4.69, 9.17) is 26.2 Å². The summed E-state index contributed by atoms with van der Waals surface area (Å²) in [6, 6.07) is 65.4. The van der Waals surface area contributed by atoms with Crippen molar-refractivity contribution in [3.63, 3.8) is 0 Å². The van der Waals surface area contributed by atoms with E-state index in [2.05, 4.69) is 133 Å². The normalized spacial score (nSPS) is 13.3. The molecule has 6 heteroatoms. The molecule has 5 nitrogen and oxygen atoms in total. The van der Waals surface area contributed by atoms with E-state index in [1.54, 1.807) is 22.0 Å². The highest BCUT2D eigenvalue weighted by Crippen LogP contribution is 2.45. The van der Waals surface area contributed by atoms with Crippen LogP contribution in [0.1, 0.15) is 9.60 Å². The number of rotatable bonds is 6. The molecule has 0 atom stereocenters. The summed E-state index contributed by atoms with van der Waals surface area (Å²) in [5, 5.41) is 11.3. The molecule has 4 aromatic heterocycles. The second kappa shape index (κ2) is 16.4. The van der Waals surface area contributed by atoms with Crippen molar-refractivity contribution in [3.8, 4) is 62.1 Å². The van der Waals surface area contributed by atoms with Gasteiger partial charge in [-0.05, 0) is 104 Å². The Bertz CT molecular complexity index is 5440. The summed E-state index contributed by atoms with van der Waals surface area (Å²) in [5.41, 5.74) is 8.50. The number of para-hydroxylation sites is 5. The van der Waals surface area contributed by atoms with Crippen LogP contribution in [0.5, 0.6) is 0 Å². The Morgan fingerprint density at radius 1 is 0.360 bits per heavy atom. The molecule has 0 saturated carbocycles. The molecule has 16 aromatic rings. The van der Waals surface area contributed by atoms with E-state index in [0.29, 0.717) is 22.9 Å². The molecule has 0 unspecified atom stereocenters. The van der Waals surface area contributed by atoms with Gasteiger partial charge in [-0.2, -0.15) is 0 Å². The Morgan fingerprint density at radius 2 is 0.920 bits per heavy atom. The molecule has 4 heterocycles. The van der Waals surface area contributed by atoms with Gasteiger partial charge in [-0.25, -0.2) is 15.0 Å².